The lowest BCUT2D eigenvalue weighted by atomic mass is 9.98. The highest BCUT2D eigenvalue weighted by Gasteiger charge is 2.37. The number of rotatable bonds is 10. The molecule has 0 atom stereocenters. The average Bonchev–Trinajstić information content (AvgIpc) is 3.90. The van der Waals surface area contributed by atoms with E-state index in [4.69, 9.17) is 27.9 Å². The van der Waals surface area contributed by atoms with Crippen LogP contribution in [0.2, 0.25) is 10.0 Å². The van der Waals surface area contributed by atoms with Crippen LogP contribution in [0.25, 0.3) is 22.0 Å². The van der Waals surface area contributed by atoms with Gasteiger partial charge in [0.2, 0.25) is 10.0 Å². The summed E-state index contributed by atoms with van der Waals surface area (Å²) in [5, 5.41) is 6.44. The summed E-state index contributed by atoms with van der Waals surface area (Å²) in [5.41, 5.74) is 8.77. The van der Waals surface area contributed by atoms with Crippen LogP contribution in [0.15, 0.2) is 48.5 Å². The fourth-order valence-electron chi connectivity index (χ4n) is 7.32. The van der Waals surface area contributed by atoms with Crippen molar-refractivity contribution in [2.24, 2.45) is 7.05 Å². The maximum Gasteiger partial charge on any atom is 0.275 e. The Kier molecular flexibility index (Phi) is 9.65. The highest BCUT2D eigenvalue weighted by Crippen LogP contribution is 2.43. The van der Waals surface area contributed by atoms with Crippen LogP contribution in [0.5, 0.6) is 5.75 Å². The van der Waals surface area contributed by atoms with Crippen molar-refractivity contribution in [3.05, 3.63) is 97.9 Å². The van der Waals surface area contributed by atoms with Crippen LogP contribution >= 0.6 is 23.2 Å². The lowest BCUT2D eigenvalue weighted by Gasteiger charge is -2.21. The molecule has 0 unspecified atom stereocenters. The van der Waals surface area contributed by atoms with Gasteiger partial charge in [0, 0.05) is 58.6 Å². The van der Waals surface area contributed by atoms with Crippen LogP contribution in [0.4, 0.5) is 5.69 Å². The second-order valence-corrected chi connectivity index (χ2v) is 16.6. The molecule has 52 heavy (non-hydrogen) atoms. The topological polar surface area (TPSA) is 116 Å². The van der Waals surface area contributed by atoms with Gasteiger partial charge in [0.25, 0.3) is 11.8 Å². The monoisotopic (exact) mass is 761 g/mol. The molecule has 2 aromatic heterocycles. The highest BCUT2D eigenvalue weighted by atomic mass is 35.5. The maximum atomic E-state index is 14.8. The molecule has 1 fully saturated rings. The van der Waals surface area contributed by atoms with E-state index in [1.807, 2.05) is 63.7 Å². The third-order valence-electron chi connectivity index (χ3n) is 10.1. The number of carbonyl (C=O) groups excluding carboxylic acids is 2. The van der Waals surface area contributed by atoms with E-state index in [1.165, 1.54) is 0 Å². The van der Waals surface area contributed by atoms with E-state index in [9.17, 15) is 18.0 Å². The quantitative estimate of drug-likeness (QED) is 0.145. The SMILES string of the molecule is Cc1cc(OCCCc2c3n(c4c(-c5c(C)nn(C)c5C)c(Cl)ccc24)CCCN(c2ccc(C(=O)NS(=O)(=O)C4CC4)cc2)C3=O)cc(C)c1Cl. The van der Waals surface area contributed by atoms with Gasteiger partial charge in [-0.1, -0.05) is 29.3 Å². The number of nitrogens with zero attached hydrogens (tertiary/aromatic N) is 4. The predicted molar refractivity (Wildman–Crippen MR) is 206 cm³/mol. The van der Waals surface area contributed by atoms with Crippen molar-refractivity contribution >= 4 is 61.6 Å². The number of carbonyl (C=O) groups is 2. The van der Waals surface area contributed by atoms with Crippen molar-refractivity contribution in [2.45, 2.75) is 71.6 Å². The highest BCUT2D eigenvalue weighted by molar-refractivity contribution is 7.91. The van der Waals surface area contributed by atoms with Crippen molar-refractivity contribution in [1.82, 2.24) is 19.1 Å². The zero-order chi connectivity index (χ0) is 37.1. The van der Waals surface area contributed by atoms with Gasteiger partial charge < -0.3 is 14.2 Å². The van der Waals surface area contributed by atoms with Crippen LogP contribution in [0.3, 0.4) is 0 Å². The van der Waals surface area contributed by atoms with Crippen LogP contribution < -0.4 is 14.4 Å². The molecular formula is C39H41Cl2N5O5S. The number of hydrogen-bond donors (Lipinski definition) is 1. The maximum absolute atomic E-state index is 14.8. The van der Waals surface area contributed by atoms with E-state index >= 15 is 0 Å². The summed E-state index contributed by atoms with van der Waals surface area (Å²) in [4.78, 5) is 29.3. The molecule has 1 aliphatic heterocycles. The molecule has 0 bridgehead atoms. The Bertz CT molecular complexity index is 2340. The Labute approximate surface area is 313 Å². The summed E-state index contributed by atoms with van der Waals surface area (Å²) in [6.07, 6.45) is 3.00. The molecule has 3 heterocycles. The molecule has 2 amide bonds. The smallest absolute Gasteiger partial charge is 0.275 e. The zero-order valence-electron chi connectivity index (χ0n) is 29.8. The lowest BCUT2D eigenvalue weighted by Crippen LogP contribution is -2.33. The number of aromatic nitrogens is 3. The molecule has 13 heteroatoms. The first-order valence-electron chi connectivity index (χ1n) is 17.5. The fraction of sp³-hybridized carbons (Fsp3) is 0.359. The Hall–Kier alpha value is -4.32. The van der Waals surface area contributed by atoms with E-state index in [0.717, 1.165) is 60.9 Å². The Morgan fingerprint density at radius 1 is 0.981 bits per heavy atom. The van der Waals surface area contributed by atoms with Crippen LogP contribution in [0, 0.1) is 27.7 Å². The van der Waals surface area contributed by atoms with Crippen LogP contribution in [-0.2, 0) is 30.0 Å². The second-order valence-electron chi connectivity index (χ2n) is 13.8. The number of amides is 2. The standard InChI is InChI=1S/C39H41Cl2N5O5S/c1-22-20-28(21-23(2)35(22)41)51-19-6-8-30-31-15-16-32(40)34(33-24(3)42-44(5)25(33)4)36(31)46-18-7-17-45(39(48)37(30)46)27-11-9-26(10-12-27)38(47)43-52(49,50)29-13-14-29/h9-12,15-16,20-21,29H,6-8,13-14,17-19H2,1-5H3,(H,43,47). The first-order valence-corrected chi connectivity index (χ1v) is 19.8. The number of hydrogen-bond acceptors (Lipinski definition) is 6. The molecule has 3 aromatic carbocycles. The van der Waals surface area contributed by atoms with Crippen molar-refractivity contribution in [1.29, 1.82) is 0 Å². The van der Waals surface area contributed by atoms with Gasteiger partial charge in [0.05, 0.1) is 28.1 Å². The molecule has 0 saturated heterocycles. The van der Waals surface area contributed by atoms with Gasteiger partial charge >= 0.3 is 0 Å². The van der Waals surface area contributed by atoms with Gasteiger partial charge in [-0.15, -0.1) is 0 Å². The summed E-state index contributed by atoms with van der Waals surface area (Å²) < 4.78 is 37.1. The molecule has 5 aromatic rings. The van der Waals surface area contributed by atoms with Gasteiger partial charge in [0.15, 0.2) is 0 Å². The van der Waals surface area contributed by atoms with E-state index in [2.05, 4.69) is 14.4 Å². The van der Waals surface area contributed by atoms with Crippen molar-refractivity contribution in [3.8, 4) is 16.9 Å². The van der Waals surface area contributed by atoms with Gasteiger partial charge in [-0.2, -0.15) is 5.10 Å². The third kappa shape index (κ3) is 6.58. The van der Waals surface area contributed by atoms with E-state index in [1.54, 1.807) is 29.2 Å². The summed E-state index contributed by atoms with van der Waals surface area (Å²) in [5.74, 6) is -0.0931. The number of benzene rings is 3. The Morgan fingerprint density at radius 2 is 1.67 bits per heavy atom. The summed E-state index contributed by atoms with van der Waals surface area (Å²) in [7, 11) is -1.78. The number of anilines is 1. The summed E-state index contributed by atoms with van der Waals surface area (Å²) in [6, 6.07) is 14.3. The molecule has 10 nitrogen and oxygen atoms in total. The minimum atomic E-state index is -3.69. The van der Waals surface area contributed by atoms with Gasteiger partial charge in [-0.05, 0) is 119 Å². The van der Waals surface area contributed by atoms with Crippen LogP contribution in [-0.4, -0.2) is 53.0 Å². The molecule has 1 saturated carbocycles. The fourth-order valence-corrected chi connectivity index (χ4v) is 8.98. The Morgan fingerprint density at radius 3 is 2.31 bits per heavy atom. The van der Waals surface area contributed by atoms with Crippen molar-refractivity contribution < 1.29 is 22.7 Å². The number of halogens is 2. The molecule has 0 spiro atoms. The first kappa shape index (κ1) is 36.1. The van der Waals surface area contributed by atoms with E-state index in [-0.39, 0.29) is 11.5 Å². The van der Waals surface area contributed by atoms with Crippen molar-refractivity contribution in [3.63, 3.8) is 0 Å². The lowest BCUT2D eigenvalue weighted by molar-refractivity contribution is 0.0975. The molecule has 272 valence electrons. The summed E-state index contributed by atoms with van der Waals surface area (Å²) >= 11 is 13.4. The number of nitrogens with one attached hydrogen (secondary N) is 1. The molecular weight excluding hydrogens is 721 g/mol. The van der Waals surface area contributed by atoms with E-state index < -0.39 is 21.2 Å². The molecule has 0 radical (unpaired) electrons. The third-order valence-corrected chi connectivity index (χ3v) is 12.9. The minimum absolute atomic E-state index is 0.163. The number of aryl methyl sites for hydroxylation is 6. The number of ether oxygens (including phenoxy) is 1. The Balaban J connectivity index is 1.26. The van der Waals surface area contributed by atoms with Gasteiger partial charge in [-0.3, -0.25) is 14.3 Å². The minimum Gasteiger partial charge on any atom is -0.494 e. The summed E-state index contributed by atoms with van der Waals surface area (Å²) in [6.45, 7) is 9.37. The molecule has 1 N–H and O–H groups in total. The molecule has 2 aliphatic rings. The number of sulfonamides is 1. The predicted octanol–water partition coefficient (Wildman–Crippen LogP) is 7.87. The van der Waals surface area contributed by atoms with Gasteiger partial charge in [0.1, 0.15) is 11.4 Å². The molecule has 7 rings (SSSR count). The molecule has 1 aliphatic carbocycles. The number of fused-ring (bicyclic) bond motifs is 3. The first-order chi connectivity index (χ1) is 24.8. The average molecular weight is 763 g/mol. The normalized spacial score (nSPS) is 14.8. The van der Waals surface area contributed by atoms with Gasteiger partial charge in [-0.25, -0.2) is 13.1 Å². The largest absolute Gasteiger partial charge is 0.494 e. The zero-order valence-corrected chi connectivity index (χ0v) is 32.2. The second kappa shape index (κ2) is 13.9. The van der Waals surface area contributed by atoms with E-state index in [0.29, 0.717) is 68.2 Å². The van der Waals surface area contributed by atoms with Crippen molar-refractivity contribution in [2.75, 3.05) is 18.1 Å². The van der Waals surface area contributed by atoms with Crippen LogP contribution in [0.1, 0.15) is 74.6 Å².